The summed E-state index contributed by atoms with van der Waals surface area (Å²) in [4.78, 5) is 14.7. The van der Waals surface area contributed by atoms with Crippen LogP contribution in [0.15, 0.2) is 48.5 Å². The van der Waals surface area contributed by atoms with Crippen molar-refractivity contribution in [2.75, 3.05) is 19.9 Å². The van der Waals surface area contributed by atoms with Gasteiger partial charge in [0, 0.05) is 18.7 Å². The fraction of sp³-hybridized carbons (Fsp3) is 0.278. The number of nitrogens with zero attached hydrogens (tertiary/aromatic N) is 1. The van der Waals surface area contributed by atoms with Crippen LogP contribution in [0.5, 0.6) is 11.5 Å². The molecule has 2 aromatic carbocycles. The van der Waals surface area contributed by atoms with E-state index in [-0.39, 0.29) is 12.7 Å². The Bertz CT molecular complexity index is 673. The Labute approximate surface area is 135 Å². The molecule has 0 saturated carbocycles. The van der Waals surface area contributed by atoms with E-state index in [0.717, 1.165) is 12.0 Å². The summed E-state index contributed by atoms with van der Waals surface area (Å²) in [6.45, 7) is 1.94. The molecule has 23 heavy (non-hydrogen) atoms. The topological polar surface area (TPSA) is 64.8 Å². The average Bonchev–Trinajstić information content (AvgIpc) is 3.06. The highest BCUT2D eigenvalue weighted by Crippen LogP contribution is 2.32. The van der Waals surface area contributed by atoms with Crippen molar-refractivity contribution >= 4 is 5.91 Å². The van der Waals surface area contributed by atoms with Crippen molar-refractivity contribution in [2.24, 2.45) is 5.73 Å². The summed E-state index contributed by atoms with van der Waals surface area (Å²) in [6, 6.07) is 15.2. The molecule has 0 aromatic heterocycles. The molecule has 2 aromatic rings. The van der Waals surface area contributed by atoms with Gasteiger partial charge in [0.15, 0.2) is 11.5 Å². The molecule has 2 N–H and O–H groups in total. The van der Waals surface area contributed by atoms with E-state index in [9.17, 15) is 4.79 Å². The lowest BCUT2D eigenvalue weighted by Gasteiger charge is -2.23. The zero-order valence-corrected chi connectivity index (χ0v) is 12.9. The van der Waals surface area contributed by atoms with E-state index in [1.54, 1.807) is 18.2 Å². The molecule has 0 bridgehead atoms. The molecule has 1 amide bonds. The minimum absolute atomic E-state index is 0.0272. The van der Waals surface area contributed by atoms with Gasteiger partial charge >= 0.3 is 0 Å². The summed E-state index contributed by atoms with van der Waals surface area (Å²) < 4.78 is 10.6. The Kier molecular flexibility index (Phi) is 4.78. The number of carbonyl (C=O) groups is 1. The van der Waals surface area contributed by atoms with Crippen molar-refractivity contribution < 1.29 is 14.3 Å². The van der Waals surface area contributed by atoms with Crippen LogP contribution in [0.25, 0.3) is 0 Å². The van der Waals surface area contributed by atoms with Gasteiger partial charge in [-0.15, -0.1) is 0 Å². The van der Waals surface area contributed by atoms with Gasteiger partial charge in [-0.1, -0.05) is 30.3 Å². The molecule has 0 fully saturated rings. The molecule has 0 saturated heterocycles. The van der Waals surface area contributed by atoms with E-state index in [1.165, 1.54) is 0 Å². The van der Waals surface area contributed by atoms with Gasteiger partial charge < -0.3 is 20.1 Å². The fourth-order valence-corrected chi connectivity index (χ4v) is 2.55. The number of hydrogen-bond acceptors (Lipinski definition) is 4. The molecule has 3 rings (SSSR count). The number of nitrogens with two attached hydrogens (primary N) is 1. The van der Waals surface area contributed by atoms with E-state index in [0.29, 0.717) is 36.7 Å². The summed E-state index contributed by atoms with van der Waals surface area (Å²) in [5, 5.41) is 0. The lowest BCUT2D eigenvalue weighted by molar-refractivity contribution is 0.0742. The number of rotatable bonds is 6. The van der Waals surface area contributed by atoms with Gasteiger partial charge in [-0.25, -0.2) is 0 Å². The Balaban J connectivity index is 1.79. The zero-order valence-electron chi connectivity index (χ0n) is 12.9. The second kappa shape index (κ2) is 7.15. The van der Waals surface area contributed by atoms with Gasteiger partial charge in [-0.05, 0) is 36.7 Å². The minimum Gasteiger partial charge on any atom is -0.454 e. The smallest absolute Gasteiger partial charge is 0.254 e. The third kappa shape index (κ3) is 3.63. The molecular formula is C18H20N2O3. The normalized spacial score (nSPS) is 12.2. The quantitative estimate of drug-likeness (QED) is 0.889. The second-order valence-electron chi connectivity index (χ2n) is 5.42. The van der Waals surface area contributed by atoms with Gasteiger partial charge in [0.2, 0.25) is 6.79 Å². The van der Waals surface area contributed by atoms with Crippen LogP contribution in [-0.2, 0) is 6.54 Å². The highest BCUT2D eigenvalue weighted by atomic mass is 16.7. The maximum Gasteiger partial charge on any atom is 0.254 e. The molecule has 0 aliphatic carbocycles. The molecular weight excluding hydrogens is 292 g/mol. The summed E-state index contributed by atoms with van der Waals surface area (Å²) in [7, 11) is 0. The van der Waals surface area contributed by atoms with E-state index in [4.69, 9.17) is 15.2 Å². The van der Waals surface area contributed by atoms with Gasteiger partial charge in [-0.2, -0.15) is 0 Å². The third-order valence-corrected chi connectivity index (χ3v) is 3.76. The van der Waals surface area contributed by atoms with Crippen molar-refractivity contribution in [1.29, 1.82) is 0 Å². The number of carbonyl (C=O) groups excluding carboxylic acids is 1. The van der Waals surface area contributed by atoms with Crippen LogP contribution in [-0.4, -0.2) is 30.7 Å². The minimum atomic E-state index is -0.0272. The first-order valence-corrected chi connectivity index (χ1v) is 7.71. The van der Waals surface area contributed by atoms with Crippen LogP contribution in [0.1, 0.15) is 22.3 Å². The molecule has 0 spiro atoms. The maximum atomic E-state index is 12.8. The molecule has 0 radical (unpaired) electrons. The first-order valence-electron chi connectivity index (χ1n) is 7.71. The van der Waals surface area contributed by atoms with Gasteiger partial charge in [0.05, 0.1) is 0 Å². The van der Waals surface area contributed by atoms with Gasteiger partial charge in [0.25, 0.3) is 5.91 Å². The molecule has 0 unspecified atom stereocenters. The molecule has 1 heterocycles. The van der Waals surface area contributed by atoms with Crippen LogP contribution < -0.4 is 15.2 Å². The maximum absolute atomic E-state index is 12.8. The lowest BCUT2D eigenvalue weighted by Crippen LogP contribution is -2.32. The van der Waals surface area contributed by atoms with Crippen LogP contribution in [0, 0.1) is 0 Å². The van der Waals surface area contributed by atoms with E-state index < -0.39 is 0 Å². The highest BCUT2D eigenvalue weighted by molar-refractivity contribution is 5.95. The average molecular weight is 312 g/mol. The molecule has 0 atom stereocenters. The zero-order chi connectivity index (χ0) is 16.1. The Morgan fingerprint density at radius 3 is 2.65 bits per heavy atom. The largest absolute Gasteiger partial charge is 0.454 e. The van der Waals surface area contributed by atoms with Crippen LogP contribution in [0.4, 0.5) is 0 Å². The van der Waals surface area contributed by atoms with Crippen molar-refractivity contribution in [3.63, 3.8) is 0 Å². The Morgan fingerprint density at radius 1 is 1.09 bits per heavy atom. The number of fused-ring (bicyclic) bond motifs is 1. The second-order valence-corrected chi connectivity index (χ2v) is 5.42. The number of hydrogen-bond donors (Lipinski definition) is 1. The molecule has 5 nitrogen and oxygen atoms in total. The van der Waals surface area contributed by atoms with Crippen molar-refractivity contribution in [3.05, 3.63) is 59.7 Å². The molecule has 1 aliphatic rings. The summed E-state index contributed by atoms with van der Waals surface area (Å²) in [6.07, 6.45) is 0.767. The predicted molar refractivity (Wildman–Crippen MR) is 87.4 cm³/mol. The standard InChI is InChI=1S/C18H20N2O3/c19-9-4-10-20(12-14-5-2-1-3-6-14)18(21)15-7-8-16-17(11-15)23-13-22-16/h1-3,5-8,11H,4,9-10,12-13,19H2. The highest BCUT2D eigenvalue weighted by Gasteiger charge is 2.20. The first kappa shape index (κ1) is 15.4. The monoisotopic (exact) mass is 312 g/mol. The van der Waals surface area contributed by atoms with Crippen molar-refractivity contribution in [1.82, 2.24) is 4.90 Å². The number of ether oxygens (including phenoxy) is 2. The first-order chi connectivity index (χ1) is 11.3. The number of benzene rings is 2. The number of amides is 1. The SMILES string of the molecule is NCCCN(Cc1ccccc1)C(=O)c1ccc2c(c1)OCO2. The van der Waals surface area contributed by atoms with E-state index in [1.807, 2.05) is 35.2 Å². The van der Waals surface area contributed by atoms with Crippen LogP contribution in [0.3, 0.4) is 0 Å². The Morgan fingerprint density at radius 2 is 1.87 bits per heavy atom. The van der Waals surface area contributed by atoms with Crippen molar-refractivity contribution in [3.8, 4) is 11.5 Å². The van der Waals surface area contributed by atoms with E-state index >= 15 is 0 Å². The van der Waals surface area contributed by atoms with Crippen molar-refractivity contribution in [2.45, 2.75) is 13.0 Å². The molecule has 1 aliphatic heterocycles. The lowest BCUT2D eigenvalue weighted by atomic mass is 10.1. The fourth-order valence-electron chi connectivity index (χ4n) is 2.55. The van der Waals surface area contributed by atoms with Crippen LogP contribution >= 0.6 is 0 Å². The molecule has 5 heteroatoms. The predicted octanol–water partition coefficient (Wildman–Crippen LogP) is 2.41. The summed E-state index contributed by atoms with van der Waals surface area (Å²) in [5.74, 6) is 1.27. The third-order valence-electron chi connectivity index (χ3n) is 3.76. The van der Waals surface area contributed by atoms with Gasteiger partial charge in [0.1, 0.15) is 0 Å². The summed E-state index contributed by atoms with van der Waals surface area (Å²) >= 11 is 0. The van der Waals surface area contributed by atoms with Gasteiger partial charge in [-0.3, -0.25) is 4.79 Å². The summed E-state index contributed by atoms with van der Waals surface area (Å²) in [5.41, 5.74) is 7.30. The van der Waals surface area contributed by atoms with E-state index in [2.05, 4.69) is 0 Å². The Hall–Kier alpha value is -2.53. The van der Waals surface area contributed by atoms with Crippen LogP contribution in [0.2, 0.25) is 0 Å². The molecule has 120 valence electrons.